The van der Waals surface area contributed by atoms with Crippen LogP contribution in [-0.2, 0) is 61.9 Å². The number of methoxy groups -OCH3 is 2. The molecule has 28 nitrogen and oxygen atoms in total. The Balaban J connectivity index is 0.000000367. The van der Waals surface area contributed by atoms with Gasteiger partial charge in [-0.3, -0.25) is 19.3 Å². The van der Waals surface area contributed by atoms with Crippen LogP contribution in [0.5, 0.6) is 0 Å². The molecule has 0 aromatic carbocycles. The molecule has 0 bridgehead atoms. The van der Waals surface area contributed by atoms with Crippen molar-refractivity contribution in [2.75, 3.05) is 66.7 Å². The van der Waals surface area contributed by atoms with Gasteiger partial charge in [0.2, 0.25) is 11.8 Å². The van der Waals surface area contributed by atoms with Crippen LogP contribution in [0.25, 0.3) is 0 Å². The first-order valence-corrected chi connectivity index (χ1v) is 21.3. The lowest BCUT2D eigenvalue weighted by molar-refractivity contribution is -0.328. The zero-order valence-electron chi connectivity index (χ0n) is 37.6. The molecule has 4 heterocycles. The van der Waals surface area contributed by atoms with Crippen LogP contribution in [0.4, 0.5) is 0 Å². The molecule has 4 aliphatic heterocycles. The third kappa shape index (κ3) is 15.0. The topological polar surface area (TPSA) is 425 Å². The van der Waals surface area contributed by atoms with E-state index in [1.54, 1.807) is 13.8 Å². The highest BCUT2D eigenvalue weighted by atomic mass is 16.7. The standard InChI is InChI=1S/C22H43N5O11.C16H27NO11/c1-11-14(26-12(2)28)18(37-22-17(31)16(30)19(34-3)20(38-22)21(32)33)15(29)13(36-11)10-35-25-6-9-27(7-4-23)8-5-24;1-5-8(17-6(2)19)12(9(20)7(4-18)26-5)27-16-11(22)10(21)13(25-3)14(28-16)15(23)24/h11,13-20,22,25,29-31H,4-10,23-24H2,1-3H3,(H,26,28)(H,32,33);5,7-14,16,18,20-22H,4H2,1-3H3,(H,17,19)(H,23,24)/t11-,13?,14?,15+,16+,17?,18+,19-,20?,22+;5-,7?,8?,9+,10+,11?,12+,13-,14?,16+/m00/s1. The number of carbonyl (C=O) groups excluding carboxylic acids is 2. The van der Waals surface area contributed by atoms with Crippen LogP contribution in [0.3, 0.4) is 0 Å². The van der Waals surface area contributed by atoms with Crippen LogP contribution in [-0.4, -0.2) is 264 Å². The smallest absolute Gasteiger partial charge is 0.335 e. The van der Waals surface area contributed by atoms with Gasteiger partial charge in [-0.1, -0.05) is 0 Å². The van der Waals surface area contributed by atoms with E-state index in [0.717, 1.165) is 7.11 Å². The van der Waals surface area contributed by atoms with Gasteiger partial charge >= 0.3 is 11.9 Å². The summed E-state index contributed by atoms with van der Waals surface area (Å²) in [5, 5.41) is 96.4. The summed E-state index contributed by atoms with van der Waals surface area (Å²) < 4.78 is 43.3. The van der Waals surface area contributed by atoms with E-state index >= 15 is 0 Å². The van der Waals surface area contributed by atoms with Gasteiger partial charge < -0.3 is 106 Å². The van der Waals surface area contributed by atoms with Gasteiger partial charge in [-0.2, -0.15) is 0 Å². The van der Waals surface area contributed by atoms with Crippen LogP contribution >= 0.6 is 0 Å². The summed E-state index contributed by atoms with van der Waals surface area (Å²) in [4.78, 5) is 54.0. The average molecular weight is 963 g/mol. The Labute approximate surface area is 380 Å². The summed E-state index contributed by atoms with van der Waals surface area (Å²) in [6.45, 7) is 8.52. The molecule has 384 valence electrons. The lowest BCUT2D eigenvalue weighted by Gasteiger charge is -2.47. The molecule has 28 heteroatoms. The zero-order chi connectivity index (χ0) is 49.6. The van der Waals surface area contributed by atoms with Crippen LogP contribution < -0.4 is 27.6 Å². The summed E-state index contributed by atoms with van der Waals surface area (Å²) in [5.41, 5.74) is 14.0. The fraction of sp³-hybridized carbons (Fsp3) is 0.895. The van der Waals surface area contributed by atoms with Crippen LogP contribution in [0, 0.1) is 0 Å². The summed E-state index contributed by atoms with van der Waals surface area (Å²) >= 11 is 0. The Bertz CT molecular complexity index is 1510. The van der Waals surface area contributed by atoms with E-state index < -0.39 is 153 Å². The van der Waals surface area contributed by atoms with Crippen molar-refractivity contribution >= 4 is 23.8 Å². The zero-order valence-corrected chi connectivity index (χ0v) is 37.6. The molecule has 0 spiro atoms. The minimum atomic E-state index is -1.71. The van der Waals surface area contributed by atoms with E-state index in [1.807, 2.05) is 0 Å². The van der Waals surface area contributed by atoms with Gasteiger partial charge in [0.15, 0.2) is 24.8 Å². The fourth-order valence-electron chi connectivity index (χ4n) is 8.00. The molecule has 20 atom stereocenters. The number of ether oxygens (including phenoxy) is 8. The van der Waals surface area contributed by atoms with Crippen molar-refractivity contribution in [1.82, 2.24) is 21.0 Å². The molecule has 66 heavy (non-hydrogen) atoms. The summed E-state index contributed by atoms with van der Waals surface area (Å²) in [7, 11) is 2.33. The molecule has 0 saturated carbocycles. The first kappa shape index (κ1) is 57.4. The number of hydroxylamine groups is 1. The van der Waals surface area contributed by atoms with Gasteiger partial charge in [-0.05, 0) is 13.8 Å². The summed E-state index contributed by atoms with van der Waals surface area (Å²) in [5.74, 6) is -3.77. The Morgan fingerprint density at radius 3 is 1.38 bits per heavy atom. The number of hydrogen-bond acceptors (Lipinski definition) is 24. The molecular weight excluding hydrogens is 892 g/mol. The molecule has 4 fully saturated rings. The second-order valence-electron chi connectivity index (χ2n) is 16.1. The molecule has 8 unspecified atom stereocenters. The lowest BCUT2D eigenvalue weighted by Crippen LogP contribution is -2.67. The third-order valence-electron chi connectivity index (χ3n) is 11.3. The van der Waals surface area contributed by atoms with Crippen LogP contribution in [0.1, 0.15) is 27.7 Å². The second-order valence-corrected chi connectivity index (χ2v) is 16.1. The monoisotopic (exact) mass is 962 g/mol. The highest BCUT2D eigenvalue weighted by molar-refractivity contribution is 5.74. The van der Waals surface area contributed by atoms with E-state index in [2.05, 4.69) is 21.0 Å². The van der Waals surface area contributed by atoms with E-state index in [-0.39, 0.29) is 6.61 Å². The highest BCUT2D eigenvalue weighted by Gasteiger charge is 2.54. The molecule has 2 amide bonds. The Morgan fingerprint density at radius 1 is 0.606 bits per heavy atom. The number of hydrogen-bond donors (Lipinski definition) is 14. The number of amides is 2. The highest BCUT2D eigenvalue weighted by Crippen LogP contribution is 2.32. The maximum Gasteiger partial charge on any atom is 0.335 e. The number of nitrogens with one attached hydrogen (secondary N) is 3. The number of carboxylic acids is 2. The van der Waals surface area contributed by atoms with Gasteiger partial charge in [0, 0.05) is 67.3 Å². The Kier molecular flexibility index (Phi) is 23.8. The van der Waals surface area contributed by atoms with E-state index in [4.69, 9.17) is 54.2 Å². The summed E-state index contributed by atoms with van der Waals surface area (Å²) in [6, 6.07) is -1.80. The largest absolute Gasteiger partial charge is 0.479 e. The first-order valence-electron chi connectivity index (χ1n) is 21.3. The maximum atomic E-state index is 11.8. The van der Waals surface area contributed by atoms with Crippen molar-refractivity contribution in [1.29, 1.82) is 0 Å². The van der Waals surface area contributed by atoms with Crippen molar-refractivity contribution in [2.24, 2.45) is 11.5 Å². The molecule has 4 aliphatic rings. The van der Waals surface area contributed by atoms with Crippen LogP contribution in [0.2, 0.25) is 0 Å². The van der Waals surface area contributed by atoms with Gasteiger partial charge in [0.1, 0.15) is 73.2 Å². The third-order valence-corrected chi connectivity index (χ3v) is 11.3. The van der Waals surface area contributed by atoms with Crippen LogP contribution in [0.15, 0.2) is 0 Å². The molecule has 4 rings (SSSR count). The molecule has 0 aromatic rings. The van der Waals surface area contributed by atoms with Crippen molar-refractivity contribution in [3.8, 4) is 0 Å². The molecule has 16 N–H and O–H groups in total. The van der Waals surface area contributed by atoms with Crippen molar-refractivity contribution < 1.29 is 108 Å². The fourth-order valence-corrected chi connectivity index (χ4v) is 8.00. The summed E-state index contributed by atoms with van der Waals surface area (Å²) in [6.07, 6.45) is -24.6. The van der Waals surface area contributed by atoms with Crippen molar-refractivity contribution in [3.63, 3.8) is 0 Å². The number of nitrogens with zero attached hydrogens (tertiary/aromatic N) is 1. The number of aliphatic hydroxyl groups is 7. The van der Waals surface area contributed by atoms with E-state index in [1.165, 1.54) is 21.0 Å². The number of rotatable bonds is 21. The maximum absolute atomic E-state index is 11.8. The molecule has 0 radical (unpaired) electrons. The minimum absolute atomic E-state index is 0.105. The number of nitrogens with two attached hydrogens (primary N) is 2. The van der Waals surface area contributed by atoms with E-state index in [9.17, 15) is 65.1 Å². The number of aliphatic carboxylic acids is 2. The average Bonchev–Trinajstić information content (AvgIpc) is 3.25. The van der Waals surface area contributed by atoms with Crippen molar-refractivity contribution in [3.05, 3.63) is 0 Å². The van der Waals surface area contributed by atoms with Gasteiger partial charge in [-0.25, -0.2) is 15.1 Å². The van der Waals surface area contributed by atoms with E-state index in [0.29, 0.717) is 39.3 Å². The Morgan fingerprint density at radius 2 is 1.02 bits per heavy atom. The molecular formula is C38H70N6O22. The first-order chi connectivity index (χ1) is 31.2. The lowest BCUT2D eigenvalue weighted by atomic mass is 9.92. The molecule has 0 aliphatic carbocycles. The van der Waals surface area contributed by atoms with Crippen molar-refractivity contribution in [2.45, 2.75) is 150 Å². The Hall–Kier alpha value is -2.92. The minimum Gasteiger partial charge on any atom is -0.479 e. The molecule has 4 saturated heterocycles. The number of carboxylic acid groups (broad SMARTS) is 2. The van der Waals surface area contributed by atoms with Gasteiger partial charge in [0.05, 0.1) is 37.5 Å². The predicted molar refractivity (Wildman–Crippen MR) is 219 cm³/mol. The normalized spacial score (nSPS) is 39.3. The predicted octanol–water partition coefficient (Wildman–Crippen LogP) is -8.13. The van der Waals surface area contributed by atoms with Gasteiger partial charge in [0.25, 0.3) is 0 Å². The molecule has 0 aromatic heterocycles. The number of carbonyl (C=O) groups is 4. The van der Waals surface area contributed by atoms with Gasteiger partial charge in [-0.15, -0.1) is 0 Å². The number of aliphatic hydroxyl groups excluding tert-OH is 7. The quantitative estimate of drug-likeness (QED) is 0.0375. The second kappa shape index (κ2) is 27.3. The SMILES string of the molecule is CO[C@@H]1C(C(=O)O)O[C@@H](O[C@@H]2C(NC(C)=O)[C@H](C)OC(CO)[C@H]2O)C(O)[C@H]1O.CO[C@@H]1C(C(=O)O)O[C@@H](O[C@@H]2C(NC(C)=O)[C@H](C)OC(CONCCN(CCN)CCN)[C@H]2O)C(O)[C@H]1O.